The molecule has 0 aliphatic rings. The van der Waals surface area contributed by atoms with Gasteiger partial charge in [0.05, 0.1) is 11.0 Å². The van der Waals surface area contributed by atoms with Crippen LogP contribution in [0.3, 0.4) is 0 Å². The van der Waals surface area contributed by atoms with Crippen LogP contribution in [-0.2, 0) is 0 Å². The first-order chi connectivity index (χ1) is 19.3. The van der Waals surface area contributed by atoms with Crippen molar-refractivity contribution < 1.29 is 0 Å². The minimum atomic E-state index is 1.16. The zero-order valence-corrected chi connectivity index (χ0v) is 21.8. The zero-order chi connectivity index (χ0) is 26.2. The van der Waals surface area contributed by atoms with Gasteiger partial charge in [0.1, 0.15) is 0 Å². The van der Waals surface area contributed by atoms with Crippen LogP contribution >= 0.6 is 0 Å². The van der Waals surface area contributed by atoms with E-state index in [4.69, 9.17) is 0 Å². The van der Waals surface area contributed by atoms with Gasteiger partial charge in [0.25, 0.3) is 0 Å². The van der Waals surface area contributed by atoms with Crippen molar-refractivity contribution in [3.05, 3.63) is 152 Å². The lowest BCUT2D eigenvalue weighted by Crippen LogP contribution is -2.08. The first-order valence-corrected chi connectivity index (χ1v) is 13.4. The molecule has 0 atom stereocenters. The van der Waals surface area contributed by atoms with Gasteiger partial charge in [0.2, 0.25) is 0 Å². The van der Waals surface area contributed by atoms with Crippen molar-refractivity contribution >= 4 is 33.2 Å². The van der Waals surface area contributed by atoms with Crippen molar-refractivity contribution in [3.8, 4) is 27.9 Å². The standard InChI is InChI=1S/C37H28N2/c1-38(30-15-6-3-7-16-30)31-24-22-28(23-25-31)33-19-11-20-35-34-18-8-9-21-36(34)39(37(33)35)32-17-10-14-29(26-32)27-12-4-2-5-13-27/h2-26H,1H3. The van der Waals surface area contributed by atoms with E-state index in [1.807, 2.05) is 0 Å². The summed E-state index contributed by atoms with van der Waals surface area (Å²) in [5, 5.41) is 2.53. The predicted molar refractivity (Wildman–Crippen MR) is 166 cm³/mol. The summed E-state index contributed by atoms with van der Waals surface area (Å²) in [4.78, 5) is 2.22. The van der Waals surface area contributed by atoms with Gasteiger partial charge in [-0.15, -0.1) is 0 Å². The summed E-state index contributed by atoms with van der Waals surface area (Å²) in [7, 11) is 2.11. The molecular weight excluding hydrogens is 472 g/mol. The largest absolute Gasteiger partial charge is 0.345 e. The average Bonchev–Trinajstić information content (AvgIpc) is 3.36. The maximum Gasteiger partial charge on any atom is 0.0619 e. The molecule has 7 rings (SSSR count). The summed E-state index contributed by atoms with van der Waals surface area (Å²) in [5.74, 6) is 0. The molecule has 0 amide bonds. The van der Waals surface area contributed by atoms with Gasteiger partial charge in [-0.25, -0.2) is 0 Å². The van der Waals surface area contributed by atoms with Crippen LogP contribution in [0.4, 0.5) is 11.4 Å². The maximum atomic E-state index is 2.43. The lowest BCUT2D eigenvalue weighted by Gasteiger charge is -2.20. The summed E-state index contributed by atoms with van der Waals surface area (Å²) in [6.45, 7) is 0. The molecule has 6 aromatic carbocycles. The minimum Gasteiger partial charge on any atom is -0.345 e. The Morgan fingerprint density at radius 2 is 1.08 bits per heavy atom. The number of para-hydroxylation sites is 3. The highest BCUT2D eigenvalue weighted by molar-refractivity contribution is 6.13. The molecule has 0 fully saturated rings. The van der Waals surface area contributed by atoms with Crippen LogP contribution in [0, 0.1) is 0 Å². The second kappa shape index (κ2) is 9.66. The van der Waals surface area contributed by atoms with E-state index in [2.05, 4.69) is 168 Å². The number of hydrogen-bond donors (Lipinski definition) is 0. The number of anilines is 2. The Balaban J connectivity index is 1.41. The van der Waals surface area contributed by atoms with E-state index in [0.29, 0.717) is 0 Å². The molecule has 1 aromatic heterocycles. The van der Waals surface area contributed by atoms with Gasteiger partial charge < -0.3 is 9.47 Å². The molecule has 0 saturated carbocycles. The lowest BCUT2D eigenvalue weighted by atomic mass is 10.0. The van der Waals surface area contributed by atoms with E-state index in [1.165, 1.54) is 49.7 Å². The number of rotatable bonds is 5. The second-order valence-electron chi connectivity index (χ2n) is 9.91. The normalized spacial score (nSPS) is 11.2. The predicted octanol–water partition coefficient (Wildman–Crippen LogP) is 9.89. The summed E-state index contributed by atoms with van der Waals surface area (Å²) < 4.78 is 2.43. The Morgan fingerprint density at radius 1 is 0.462 bits per heavy atom. The number of fused-ring (bicyclic) bond motifs is 3. The Bertz CT molecular complexity index is 1900. The van der Waals surface area contributed by atoms with Crippen molar-refractivity contribution in [2.45, 2.75) is 0 Å². The number of benzene rings is 6. The van der Waals surface area contributed by atoms with Crippen molar-refractivity contribution in [2.75, 3.05) is 11.9 Å². The highest BCUT2D eigenvalue weighted by Gasteiger charge is 2.17. The summed E-state index contributed by atoms with van der Waals surface area (Å²) in [6, 6.07) is 54.2. The molecule has 1 heterocycles. The monoisotopic (exact) mass is 500 g/mol. The molecule has 2 heteroatoms. The van der Waals surface area contributed by atoms with E-state index in [-0.39, 0.29) is 0 Å². The highest BCUT2D eigenvalue weighted by atomic mass is 15.1. The molecule has 0 bridgehead atoms. The molecule has 2 nitrogen and oxygen atoms in total. The summed E-state index contributed by atoms with van der Waals surface area (Å²) in [6.07, 6.45) is 0. The van der Waals surface area contributed by atoms with Crippen LogP contribution in [0.2, 0.25) is 0 Å². The van der Waals surface area contributed by atoms with Crippen molar-refractivity contribution in [1.82, 2.24) is 4.57 Å². The number of nitrogens with zero attached hydrogens (tertiary/aromatic N) is 2. The topological polar surface area (TPSA) is 8.17 Å². The van der Waals surface area contributed by atoms with E-state index >= 15 is 0 Å². The van der Waals surface area contributed by atoms with Crippen LogP contribution in [0.1, 0.15) is 0 Å². The van der Waals surface area contributed by atoms with Crippen LogP contribution in [0.15, 0.2) is 152 Å². The Kier molecular flexibility index (Phi) is 5.71. The SMILES string of the molecule is CN(c1ccccc1)c1ccc(-c2cccc3c4ccccc4n(-c4cccc(-c5ccccc5)c4)c23)cc1. The molecule has 0 saturated heterocycles. The smallest absolute Gasteiger partial charge is 0.0619 e. The summed E-state index contributed by atoms with van der Waals surface area (Å²) in [5.41, 5.74) is 10.8. The molecule has 0 N–H and O–H groups in total. The van der Waals surface area contributed by atoms with Gasteiger partial charge in [0.15, 0.2) is 0 Å². The second-order valence-corrected chi connectivity index (χ2v) is 9.91. The third-order valence-corrected chi connectivity index (χ3v) is 7.62. The minimum absolute atomic E-state index is 1.16. The molecule has 7 aromatic rings. The van der Waals surface area contributed by atoms with E-state index in [1.54, 1.807) is 0 Å². The molecule has 0 aliphatic heterocycles. The van der Waals surface area contributed by atoms with Crippen LogP contribution in [-0.4, -0.2) is 11.6 Å². The van der Waals surface area contributed by atoms with Crippen molar-refractivity contribution in [1.29, 1.82) is 0 Å². The van der Waals surface area contributed by atoms with E-state index in [9.17, 15) is 0 Å². The molecule has 0 radical (unpaired) electrons. The molecule has 0 spiro atoms. The van der Waals surface area contributed by atoms with Gasteiger partial charge in [-0.3, -0.25) is 0 Å². The third kappa shape index (κ3) is 4.07. The number of hydrogen-bond acceptors (Lipinski definition) is 1. The fraction of sp³-hybridized carbons (Fsp3) is 0.0270. The van der Waals surface area contributed by atoms with Crippen LogP contribution < -0.4 is 4.90 Å². The fourth-order valence-corrected chi connectivity index (χ4v) is 5.64. The Morgan fingerprint density at radius 3 is 1.87 bits per heavy atom. The maximum absolute atomic E-state index is 2.43. The van der Waals surface area contributed by atoms with Gasteiger partial charge in [-0.1, -0.05) is 109 Å². The van der Waals surface area contributed by atoms with Gasteiger partial charge >= 0.3 is 0 Å². The van der Waals surface area contributed by atoms with Gasteiger partial charge in [-0.05, 0) is 59.2 Å². The van der Waals surface area contributed by atoms with Gasteiger partial charge in [-0.2, -0.15) is 0 Å². The molecular formula is C37H28N2. The molecule has 0 unspecified atom stereocenters. The first-order valence-electron chi connectivity index (χ1n) is 13.4. The lowest BCUT2D eigenvalue weighted by molar-refractivity contribution is 1.18. The average molecular weight is 501 g/mol. The third-order valence-electron chi connectivity index (χ3n) is 7.62. The fourth-order valence-electron chi connectivity index (χ4n) is 5.64. The molecule has 39 heavy (non-hydrogen) atoms. The van der Waals surface area contributed by atoms with Crippen molar-refractivity contribution in [2.24, 2.45) is 0 Å². The summed E-state index contributed by atoms with van der Waals surface area (Å²) >= 11 is 0. The van der Waals surface area contributed by atoms with E-state index < -0.39 is 0 Å². The van der Waals surface area contributed by atoms with Crippen LogP contribution in [0.25, 0.3) is 49.7 Å². The molecule has 0 aliphatic carbocycles. The quantitative estimate of drug-likeness (QED) is 0.228. The van der Waals surface area contributed by atoms with E-state index in [0.717, 1.165) is 11.4 Å². The van der Waals surface area contributed by atoms with Crippen LogP contribution in [0.5, 0.6) is 0 Å². The highest BCUT2D eigenvalue weighted by Crippen LogP contribution is 2.39. The van der Waals surface area contributed by atoms with Crippen molar-refractivity contribution in [3.63, 3.8) is 0 Å². The zero-order valence-electron chi connectivity index (χ0n) is 21.8. The number of aromatic nitrogens is 1. The Labute approximate surface area is 229 Å². The molecule has 186 valence electrons. The van der Waals surface area contributed by atoms with Gasteiger partial charge in [0, 0.05) is 40.4 Å². The first kappa shape index (κ1) is 23.1. The Hall–Kier alpha value is -5.08.